The molecule has 0 fully saturated rings. The van der Waals surface area contributed by atoms with Crippen molar-refractivity contribution in [2.75, 3.05) is 6.61 Å². The second-order valence-electron chi connectivity index (χ2n) is 5.38. The van der Waals surface area contributed by atoms with Crippen molar-refractivity contribution < 1.29 is 22.7 Å². The van der Waals surface area contributed by atoms with Gasteiger partial charge in [0.2, 0.25) is 11.9 Å². The summed E-state index contributed by atoms with van der Waals surface area (Å²) in [4.78, 5) is 17.7. The van der Waals surface area contributed by atoms with E-state index in [4.69, 9.17) is 4.74 Å². The number of aromatic nitrogens is 2. The molecule has 1 aromatic heterocycles. The van der Waals surface area contributed by atoms with E-state index in [0.717, 1.165) is 4.57 Å². The molecule has 0 radical (unpaired) electrons. The van der Waals surface area contributed by atoms with E-state index in [9.17, 15) is 18.0 Å². The van der Waals surface area contributed by atoms with Gasteiger partial charge in [-0.15, -0.1) is 0 Å². The van der Waals surface area contributed by atoms with E-state index in [2.05, 4.69) is 9.98 Å². The van der Waals surface area contributed by atoms with Gasteiger partial charge in [-0.2, -0.15) is 18.2 Å². The van der Waals surface area contributed by atoms with Gasteiger partial charge in [0, 0.05) is 18.7 Å². The first kappa shape index (κ1) is 17.0. The molecule has 0 saturated heterocycles. The van der Waals surface area contributed by atoms with Crippen LogP contribution in [0.15, 0.2) is 17.1 Å². The average Bonchev–Trinajstić information content (AvgIpc) is 2.78. The molecule has 0 N–H and O–H groups in total. The smallest absolute Gasteiger partial charge is 0.449 e. The number of fused-ring (bicyclic) bond motifs is 1. The number of isocyanates is 1. The Labute approximate surface area is 130 Å². The minimum atomic E-state index is -4.61. The lowest BCUT2D eigenvalue weighted by Crippen LogP contribution is -2.17. The number of halogens is 3. The number of carbonyl (C=O) groups excluding carboxylic acids is 1. The summed E-state index contributed by atoms with van der Waals surface area (Å²) in [5.74, 6) is -0.716. The maximum absolute atomic E-state index is 13.3. The van der Waals surface area contributed by atoms with E-state index >= 15 is 0 Å². The van der Waals surface area contributed by atoms with Crippen LogP contribution in [-0.2, 0) is 17.5 Å². The molecule has 23 heavy (non-hydrogen) atoms. The van der Waals surface area contributed by atoms with E-state index in [1.165, 1.54) is 18.2 Å². The van der Waals surface area contributed by atoms with Crippen LogP contribution in [0.3, 0.4) is 0 Å². The van der Waals surface area contributed by atoms with Gasteiger partial charge in [0.1, 0.15) is 17.0 Å². The number of alkyl halides is 3. The van der Waals surface area contributed by atoms with Crippen LogP contribution < -0.4 is 4.74 Å². The summed E-state index contributed by atoms with van der Waals surface area (Å²) < 4.78 is 46.3. The topological polar surface area (TPSA) is 56.5 Å². The van der Waals surface area contributed by atoms with Gasteiger partial charge in [-0.25, -0.2) is 9.78 Å². The SMILES string of the molecule is CCOc1cc(N=C=O)c2nc(C(F)(F)F)n(CC(C)C)c2c1. The number of hydrogen-bond acceptors (Lipinski definition) is 4. The third-order valence-corrected chi connectivity index (χ3v) is 3.09. The number of aliphatic imine (C=N–C) groups is 1. The third-order valence-electron chi connectivity index (χ3n) is 3.09. The average molecular weight is 327 g/mol. The molecular weight excluding hydrogens is 311 g/mol. The Hall–Kier alpha value is -2.34. The second-order valence-corrected chi connectivity index (χ2v) is 5.38. The maximum Gasteiger partial charge on any atom is 0.449 e. The van der Waals surface area contributed by atoms with Crippen LogP contribution in [0.25, 0.3) is 11.0 Å². The Bertz CT molecular complexity index is 759. The van der Waals surface area contributed by atoms with Crippen LogP contribution in [0, 0.1) is 5.92 Å². The van der Waals surface area contributed by atoms with E-state index < -0.39 is 12.0 Å². The van der Waals surface area contributed by atoms with Crippen LogP contribution >= 0.6 is 0 Å². The number of nitrogens with zero attached hydrogens (tertiary/aromatic N) is 3. The maximum atomic E-state index is 13.3. The molecule has 124 valence electrons. The predicted molar refractivity (Wildman–Crippen MR) is 78.5 cm³/mol. The summed E-state index contributed by atoms with van der Waals surface area (Å²) in [6.45, 7) is 5.83. The van der Waals surface area contributed by atoms with Crippen molar-refractivity contribution in [2.45, 2.75) is 33.5 Å². The molecule has 0 unspecified atom stereocenters. The monoisotopic (exact) mass is 327 g/mol. The number of rotatable bonds is 5. The molecule has 1 aromatic carbocycles. The first-order valence-corrected chi connectivity index (χ1v) is 7.10. The highest BCUT2D eigenvalue weighted by atomic mass is 19.4. The molecule has 8 heteroatoms. The van der Waals surface area contributed by atoms with Crippen LogP contribution in [0.4, 0.5) is 18.9 Å². The van der Waals surface area contributed by atoms with Crippen molar-refractivity contribution in [2.24, 2.45) is 10.9 Å². The van der Waals surface area contributed by atoms with Gasteiger partial charge in [0.05, 0.1) is 12.1 Å². The predicted octanol–water partition coefficient (Wildman–Crippen LogP) is 4.08. The van der Waals surface area contributed by atoms with Crippen LogP contribution in [0.5, 0.6) is 5.75 Å². The molecule has 0 amide bonds. The Kier molecular flexibility index (Phi) is 4.75. The fraction of sp³-hybridized carbons (Fsp3) is 0.467. The Morgan fingerprint density at radius 1 is 1.39 bits per heavy atom. The summed E-state index contributed by atoms with van der Waals surface area (Å²) >= 11 is 0. The van der Waals surface area contributed by atoms with Crippen molar-refractivity contribution in [1.29, 1.82) is 0 Å². The van der Waals surface area contributed by atoms with Gasteiger partial charge < -0.3 is 9.30 Å². The summed E-state index contributed by atoms with van der Waals surface area (Å²) in [5, 5.41) is 0. The molecule has 0 spiro atoms. The van der Waals surface area contributed by atoms with Gasteiger partial charge in [-0.05, 0) is 12.8 Å². The second kappa shape index (κ2) is 6.42. The lowest BCUT2D eigenvalue weighted by Gasteiger charge is -2.13. The molecule has 0 aliphatic rings. The molecule has 5 nitrogen and oxygen atoms in total. The van der Waals surface area contributed by atoms with Crippen LogP contribution in [0.2, 0.25) is 0 Å². The lowest BCUT2D eigenvalue weighted by atomic mass is 10.2. The molecule has 0 aliphatic heterocycles. The van der Waals surface area contributed by atoms with E-state index in [1.54, 1.807) is 6.92 Å². The highest BCUT2D eigenvalue weighted by molar-refractivity contribution is 5.90. The van der Waals surface area contributed by atoms with Crippen molar-refractivity contribution >= 4 is 22.8 Å². The lowest BCUT2D eigenvalue weighted by molar-refractivity contribution is -0.147. The van der Waals surface area contributed by atoms with Gasteiger partial charge in [-0.3, -0.25) is 0 Å². The highest BCUT2D eigenvalue weighted by Gasteiger charge is 2.38. The van der Waals surface area contributed by atoms with Gasteiger partial charge in [0.25, 0.3) is 0 Å². The first-order valence-electron chi connectivity index (χ1n) is 7.10. The summed E-state index contributed by atoms with van der Waals surface area (Å²) in [6.07, 6.45) is -3.27. The number of benzene rings is 1. The Morgan fingerprint density at radius 2 is 2.09 bits per heavy atom. The minimum Gasteiger partial charge on any atom is -0.494 e. The molecular formula is C15H16F3N3O2. The fourth-order valence-electron chi connectivity index (χ4n) is 2.33. The van der Waals surface area contributed by atoms with Crippen molar-refractivity contribution in [3.8, 4) is 5.75 Å². The molecule has 0 bridgehead atoms. The Balaban J connectivity index is 2.82. The zero-order valence-corrected chi connectivity index (χ0v) is 12.9. The van der Waals surface area contributed by atoms with E-state index in [1.807, 2.05) is 13.8 Å². The molecule has 2 aromatic rings. The van der Waals surface area contributed by atoms with E-state index in [0.29, 0.717) is 12.4 Å². The fourth-order valence-corrected chi connectivity index (χ4v) is 2.33. The zero-order valence-electron chi connectivity index (χ0n) is 12.9. The van der Waals surface area contributed by atoms with Crippen molar-refractivity contribution in [1.82, 2.24) is 9.55 Å². The summed E-state index contributed by atoms with van der Waals surface area (Å²) in [5.41, 5.74) is 0.240. The standard InChI is InChI=1S/C15H16F3N3O2/c1-4-23-10-5-11(19-8-22)13-12(6-10)21(7-9(2)3)14(20-13)15(16,17)18/h5-6,9H,4,7H2,1-3H3. The van der Waals surface area contributed by atoms with Crippen molar-refractivity contribution in [3.63, 3.8) is 0 Å². The Morgan fingerprint density at radius 3 is 2.61 bits per heavy atom. The largest absolute Gasteiger partial charge is 0.494 e. The normalized spacial score (nSPS) is 11.8. The third kappa shape index (κ3) is 3.53. The van der Waals surface area contributed by atoms with E-state index in [-0.39, 0.29) is 29.2 Å². The number of ether oxygens (including phenoxy) is 1. The quantitative estimate of drug-likeness (QED) is 0.614. The van der Waals surface area contributed by atoms with Gasteiger partial charge in [-0.1, -0.05) is 13.8 Å². The molecule has 2 rings (SSSR count). The summed E-state index contributed by atoms with van der Waals surface area (Å²) in [6, 6.07) is 2.86. The molecule has 1 heterocycles. The summed E-state index contributed by atoms with van der Waals surface area (Å²) in [7, 11) is 0. The van der Waals surface area contributed by atoms with Gasteiger partial charge >= 0.3 is 6.18 Å². The first-order chi connectivity index (χ1) is 10.8. The molecule has 0 aliphatic carbocycles. The number of imidazole rings is 1. The van der Waals surface area contributed by atoms with Gasteiger partial charge in [0.15, 0.2) is 0 Å². The highest BCUT2D eigenvalue weighted by Crippen LogP contribution is 2.37. The number of hydrogen-bond donors (Lipinski definition) is 0. The molecule has 0 saturated carbocycles. The van der Waals surface area contributed by atoms with Crippen LogP contribution in [0.1, 0.15) is 26.6 Å². The molecule has 0 atom stereocenters. The van der Waals surface area contributed by atoms with Crippen LogP contribution in [-0.4, -0.2) is 22.2 Å². The van der Waals surface area contributed by atoms with Crippen molar-refractivity contribution in [3.05, 3.63) is 18.0 Å². The zero-order chi connectivity index (χ0) is 17.2. The minimum absolute atomic E-state index is 0.00442.